The smallest absolute Gasteiger partial charge is 0.303 e. The van der Waals surface area contributed by atoms with Crippen molar-refractivity contribution < 1.29 is 9.90 Å². The molecule has 88 valence electrons. The second-order valence-electron chi connectivity index (χ2n) is 4.38. The lowest BCUT2D eigenvalue weighted by molar-refractivity contribution is -0.137. The summed E-state index contributed by atoms with van der Waals surface area (Å²) in [5.41, 5.74) is 0. The van der Waals surface area contributed by atoms with E-state index in [-0.39, 0.29) is 6.42 Å². The van der Waals surface area contributed by atoms with Crippen molar-refractivity contribution in [2.24, 2.45) is 7.05 Å². The summed E-state index contributed by atoms with van der Waals surface area (Å²) < 4.78 is 1.72. The van der Waals surface area contributed by atoms with E-state index in [0.717, 1.165) is 11.6 Å². The van der Waals surface area contributed by atoms with E-state index in [4.69, 9.17) is 5.11 Å². The molecule has 0 aliphatic heterocycles. The van der Waals surface area contributed by atoms with Crippen molar-refractivity contribution in [3.63, 3.8) is 0 Å². The fraction of sp³-hybridized carbons (Fsp3) is 0.727. The van der Waals surface area contributed by atoms with Gasteiger partial charge in [0, 0.05) is 19.4 Å². The third kappa shape index (κ3) is 2.40. The Hall–Kier alpha value is -1.39. The Morgan fingerprint density at radius 1 is 1.50 bits per heavy atom. The standard InChI is InChI=1S/C11H17N3O2/c1-14-9(6-7-10(15)16)12-11(13-14)8-4-2-3-5-8/h8H,2-7H2,1H3,(H,15,16). The Morgan fingerprint density at radius 3 is 2.81 bits per heavy atom. The summed E-state index contributed by atoms with van der Waals surface area (Å²) >= 11 is 0. The summed E-state index contributed by atoms with van der Waals surface area (Å²) in [4.78, 5) is 14.9. The maximum absolute atomic E-state index is 10.5. The van der Waals surface area contributed by atoms with Gasteiger partial charge in [-0.3, -0.25) is 9.48 Å². The van der Waals surface area contributed by atoms with E-state index in [2.05, 4.69) is 10.1 Å². The molecule has 0 spiro atoms. The van der Waals surface area contributed by atoms with Crippen LogP contribution >= 0.6 is 0 Å². The number of rotatable bonds is 4. The monoisotopic (exact) mass is 223 g/mol. The van der Waals surface area contributed by atoms with Crippen LogP contribution < -0.4 is 0 Å². The molecular formula is C11H17N3O2. The molecule has 0 bridgehead atoms. The molecule has 0 unspecified atom stereocenters. The predicted octanol–water partition coefficient (Wildman–Crippen LogP) is 1.49. The molecule has 1 aliphatic rings. The van der Waals surface area contributed by atoms with Gasteiger partial charge in [-0.15, -0.1) is 0 Å². The van der Waals surface area contributed by atoms with Gasteiger partial charge < -0.3 is 5.11 Å². The number of carboxylic acids is 1. The van der Waals surface area contributed by atoms with Crippen LogP contribution in [-0.2, 0) is 18.3 Å². The average Bonchev–Trinajstić information content (AvgIpc) is 2.83. The first-order valence-corrected chi connectivity index (χ1v) is 5.78. The van der Waals surface area contributed by atoms with Crippen LogP contribution in [0.5, 0.6) is 0 Å². The predicted molar refractivity (Wildman–Crippen MR) is 58.2 cm³/mol. The third-order valence-electron chi connectivity index (χ3n) is 3.15. The maximum atomic E-state index is 10.5. The van der Waals surface area contributed by atoms with Gasteiger partial charge in [0.2, 0.25) is 0 Å². The Kier molecular flexibility index (Phi) is 3.22. The van der Waals surface area contributed by atoms with Gasteiger partial charge in [0.25, 0.3) is 0 Å². The Bertz CT molecular complexity index is 381. The molecule has 0 saturated heterocycles. The minimum atomic E-state index is -0.787. The number of aliphatic carboxylic acids is 1. The number of carbonyl (C=O) groups is 1. The van der Waals surface area contributed by atoms with Crippen molar-refractivity contribution in [1.82, 2.24) is 14.8 Å². The maximum Gasteiger partial charge on any atom is 0.303 e. The lowest BCUT2D eigenvalue weighted by Crippen LogP contribution is -2.03. The highest BCUT2D eigenvalue weighted by Gasteiger charge is 2.22. The van der Waals surface area contributed by atoms with E-state index in [0.29, 0.717) is 12.3 Å². The molecule has 1 heterocycles. The van der Waals surface area contributed by atoms with Crippen LogP contribution in [0.3, 0.4) is 0 Å². The Labute approximate surface area is 94.5 Å². The van der Waals surface area contributed by atoms with E-state index >= 15 is 0 Å². The van der Waals surface area contributed by atoms with Crippen molar-refractivity contribution >= 4 is 5.97 Å². The first kappa shape index (κ1) is 11.1. The van der Waals surface area contributed by atoms with Crippen molar-refractivity contribution in [1.29, 1.82) is 0 Å². The summed E-state index contributed by atoms with van der Waals surface area (Å²) in [7, 11) is 1.84. The molecule has 1 saturated carbocycles. The molecule has 1 N–H and O–H groups in total. The fourth-order valence-corrected chi connectivity index (χ4v) is 2.23. The molecule has 0 atom stereocenters. The van der Waals surface area contributed by atoms with E-state index in [1.807, 2.05) is 7.05 Å². The number of carboxylic acid groups (broad SMARTS) is 1. The van der Waals surface area contributed by atoms with Gasteiger partial charge in [0.1, 0.15) is 5.82 Å². The number of hydrogen-bond donors (Lipinski definition) is 1. The van der Waals surface area contributed by atoms with Gasteiger partial charge in [-0.1, -0.05) is 12.8 Å². The van der Waals surface area contributed by atoms with Gasteiger partial charge in [-0.25, -0.2) is 4.98 Å². The second-order valence-corrected chi connectivity index (χ2v) is 4.38. The quantitative estimate of drug-likeness (QED) is 0.839. The van der Waals surface area contributed by atoms with Crippen LogP contribution in [0, 0.1) is 0 Å². The number of aromatic nitrogens is 3. The molecule has 0 radical (unpaired) electrons. The third-order valence-corrected chi connectivity index (χ3v) is 3.15. The molecule has 5 heteroatoms. The van der Waals surface area contributed by atoms with Crippen LogP contribution in [0.1, 0.15) is 49.7 Å². The molecule has 1 aromatic rings. The number of aryl methyl sites for hydroxylation is 2. The van der Waals surface area contributed by atoms with Crippen LogP contribution in [0.25, 0.3) is 0 Å². The van der Waals surface area contributed by atoms with E-state index in [9.17, 15) is 4.79 Å². The molecule has 2 rings (SSSR count). The van der Waals surface area contributed by atoms with Crippen molar-refractivity contribution in [2.45, 2.75) is 44.4 Å². The molecular weight excluding hydrogens is 206 g/mol. The van der Waals surface area contributed by atoms with E-state index < -0.39 is 5.97 Å². The van der Waals surface area contributed by atoms with Crippen molar-refractivity contribution in [3.8, 4) is 0 Å². The topological polar surface area (TPSA) is 68.0 Å². The highest BCUT2D eigenvalue weighted by Crippen LogP contribution is 2.32. The first-order chi connectivity index (χ1) is 7.66. The van der Waals surface area contributed by atoms with E-state index in [1.165, 1.54) is 25.7 Å². The fourth-order valence-electron chi connectivity index (χ4n) is 2.23. The Morgan fingerprint density at radius 2 is 2.19 bits per heavy atom. The molecule has 5 nitrogen and oxygen atoms in total. The van der Waals surface area contributed by atoms with Gasteiger partial charge in [0.05, 0.1) is 6.42 Å². The Balaban J connectivity index is 2.05. The zero-order valence-electron chi connectivity index (χ0n) is 9.52. The van der Waals surface area contributed by atoms with Gasteiger partial charge in [0.15, 0.2) is 5.82 Å². The van der Waals surface area contributed by atoms with Crippen LogP contribution in [0.15, 0.2) is 0 Å². The number of hydrogen-bond acceptors (Lipinski definition) is 3. The molecule has 0 amide bonds. The lowest BCUT2D eigenvalue weighted by Gasteiger charge is -2.00. The highest BCUT2D eigenvalue weighted by molar-refractivity contribution is 5.66. The number of nitrogens with zero attached hydrogens (tertiary/aromatic N) is 3. The summed E-state index contributed by atoms with van der Waals surface area (Å²) in [6, 6.07) is 0. The normalized spacial score (nSPS) is 16.8. The van der Waals surface area contributed by atoms with Crippen LogP contribution in [-0.4, -0.2) is 25.8 Å². The summed E-state index contributed by atoms with van der Waals surface area (Å²) in [6.07, 6.45) is 5.44. The van der Waals surface area contributed by atoms with Crippen LogP contribution in [0.4, 0.5) is 0 Å². The minimum Gasteiger partial charge on any atom is -0.481 e. The van der Waals surface area contributed by atoms with Crippen molar-refractivity contribution in [2.75, 3.05) is 0 Å². The minimum absolute atomic E-state index is 0.122. The van der Waals surface area contributed by atoms with E-state index in [1.54, 1.807) is 4.68 Å². The molecule has 1 fully saturated rings. The zero-order chi connectivity index (χ0) is 11.5. The molecule has 1 aliphatic carbocycles. The summed E-state index contributed by atoms with van der Waals surface area (Å²) in [5.74, 6) is 1.39. The van der Waals surface area contributed by atoms with Gasteiger partial charge >= 0.3 is 5.97 Å². The average molecular weight is 223 g/mol. The molecule has 1 aromatic heterocycles. The van der Waals surface area contributed by atoms with Crippen LogP contribution in [0.2, 0.25) is 0 Å². The first-order valence-electron chi connectivity index (χ1n) is 5.78. The SMILES string of the molecule is Cn1nc(C2CCCC2)nc1CCC(=O)O. The zero-order valence-corrected chi connectivity index (χ0v) is 9.52. The molecule has 16 heavy (non-hydrogen) atoms. The van der Waals surface area contributed by atoms with Crippen molar-refractivity contribution in [3.05, 3.63) is 11.6 Å². The largest absolute Gasteiger partial charge is 0.481 e. The lowest BCUT2D eigenvalue weighted by atomic mass is 10.1. The summed E-state index contributed by atoms with van der Waals surface area (Å²) in [6.45, 7) is 0. The van der Waals surface area contributed by atoms with Gasteiger partial charge in [-0.05, 0) is 12.8 Å². The second kappa shape index (κ2) is 4.63. The summed E-state index contributed by atoms with van der Waals surface area (Å²) in [5, 5.41) is 13.0. The highest BCUT2D eigenvalue weighted by atomic mass is 16.4. The molecule has 0 aromatic carbocycles. The van der Waals surface area contributed by atoms with Gasteiger partial charge in [-0.2, -0.15) is 5.10 Å².